The first-order valence-corrected chi connectivity index (χ1v) is 6.20. The third-order valence-electron chi connectivity index (χ3n) is 2.93. The molecule has 2 aromatic carbocycles. The second-order valence-electron chi connectivity index (χ2n) is 4.39. The molecule has 2 heteroatoms. The minimum atomic E-state index is 0.617. The van der Waals surface area contributed by atoms with E-state index in [1.54, 1.807) is 0 Å². The van der Waals surface area contributed by atoms with Crippen LogP contribution < -0.4 is 10.1 Å². The fourth-order valence-corrected chi connectivity index (χ4v) is 1.89. The summed E-state index contributed by atoms with van der Waals surface area (Å²) in [5, 5.41) is 3.16. The van der Waals surface area contributed by atoms with Gasteiger partial charge in [0.05, 0.1) is 0 Å². The first kappa shape index (κ1) is 12.7. The molecular weight excluding hydrogens is 222 g/mol. The summed E-state index contributed by atoms with van der Waals surface area (Å²) in [5.41, 5.74) is 3.76. The molecule has 2 nitrogen and oxygen atoms in total. The number of benzene rings is 2. The molecule has 0 unspecified atom stereocenters. The highest BCUT2D eigenvalue weighted by molar-refractivity contribution is 5.35. The predicted octanol–water partition coefficient (Wildman–Crippen LogP) is 3.29. The van der Waals surface area contributed by atoms with Crippen molar-refractivity contribution >= 4 is 0 Å². The van der Waals surface area contributed by atoms with Gasteiger partial charge in [-0.25, -0.2) is 0 Å². The minimum Gasteiger partial charge on any atom is -0.489 e. The van der Waals surface area contributed by atoms with Gasteiger partial charge >= 0.3 is 0 Å². The second-order valence-corrected chi connectivity index (χ2v) is 4.39. The van der Waals surface area contributed by atoms with Crippen molar-refractivity contribution in [3.8, 4) is 5.75 Å². The van der Waals surface area contributed by atoms with Gasteiger partial charge in [0.25, 0.3) is 0 Å². The summed E-state index contributed by atoms with van der Waals surface area (Å²) in [4.78, 5) is 0. The lowest BCUT2D eigenvalue weighted by Gasteiger charge is -2.10. The Hall–Kier alpha value is -1.80. The van der Waals surface area contributed by atoms with Crippen molar-refractivity contribution in [2.24, 2.45) is 0 Å². The normalized spacial score (nSPS) is 10.3. The number of hydrogen-bond donors (Lipinski definition) is 1. The SMILES string of the molecule is CNCc1ccc(OCc2ccccc2)cc1C. The lowest BCUT2D eigenvalue weighted by Crippen LogP contribution is -2.06. The van der Waals surface area contributed by atoms with E-state index in [1.807, 2.05) is 31.3 Å². The summed E-state index contributed by atoms with van der Waals surface area (Å²) in [7, 11) is 1.96. The molecule has 0 aromatic heterocycles. The van der Waals surface area contributed by atoms with Gasteiger partial charge in [0.15, 0.2) is 0 Å². The van der Waals surface area contributed by atoms with Gasteiger partial charge in [0.1, 0.15) is 12.4 Å². The highest BCUT2D eigenvalue weighted by atomic mass is 16.5. The fraction of sp³-hybridized carbons (Fsp3) is 0.250. The highest BCUT2D eigenvalue weighted by Gasteiger charge is 2.00. The van der Waals surface area contributed by atoms with Crippen molar-refractivity contribution < 1.29 is 4.74 Å². The molecule has 0 saturated heterocycles. The summed E-state index contributed by atoms with van der Waals surface area (Å²) >= 11 is 0. The number of rotatable bonds is 5. The first-order chi connectivity index (χ1) is 8.79. The third-order valence-corrected chi connectivity index (χ3v) is 2.93. The van der Waals surface area contributed by atoms with Crippen LogP contribution in [0.1, 0.15) is 16.7 Å². The molecular formula is C16H19NO. The summed E-state index contributed by atoms with van der Waals surface area (Å²) < 4.78 is 5.79. The van der Waals surface area contributed by atoms with Gasteiger partial charge in [0, 0.05) is 6.54 Å². The molecule has 2 aromatic rings. The van der Waals surface area contributed by atoms with Crippen molar-refractivity contribution in [1.82, 2.24) is 5.32 Å². The van der Waals surface area contributed by atoms with Gasteiger partial charge in [-0.3, -0.25) is 0 Å². The van der Waals surface area contributed by atoms with Gasteiger partial charge in [-0.05, 0) is 42.8 Å². The molecule has 1 N–H and O–H groups in total. The van der Waals surface area contributed by atoms with Crippen LogP contribution in [-0.4, -0.2) is 7.05 Å². The molecule has 0 saturated carbocycles. The van der Waals surface area contributed by atoms with Crippen LogP contribution in [0.5, 0.6) is 5.75 Å². The Morgan fingerprint density at radius 3 is 2.50 bits per heavy atom. The standard InChI is InChI=1S/C16H19NO/c1-13-10-16(9-8-15(13)11-17-2)18-12-14-6-4-3-5-7-14/h3-10,17H,11-12H2,1-2H3. The first-order valence-electron chi connectivity index (χ1n) is 6.20. The van der Waals surface area contributed by atoms with Gasteiger partial charge in [0.2, 0.25) is 0 Å². The van der Waals surface area contributed by atoms with E-state index in [4.69, 9.17) is 4.74 Å². The number of nitrogens with one attached hydrogen (secondary N) is 1. The fourth-order valence-electron chi connectivity index (χ4n) is 1.89. The van der Waals surface area contributed by atoms with Crippen molar-refractivity contribution in [2.75, 3.05) is 7.05 Å². The van der Waals surface area contributed by atoms with E-state index in [1.165, 1.54) is 16.7 Å². The van der Waals surface area contributed by atoms with Crippen LogP contribution in [0.4, 0.5) is 0 Å². The monoisotopic (exact) mass is 241 g/mol. The smallest absolute Gasteiger partial charge is 0.120 e. The van der Waals surface area contributed by atoms with E-state index in [0.29, 0.717) is 6.61 Å². The highest BCUT2D eigenvalue weighted by Crippen LogP contribution is 2.18. The maximum absolute atomic E-state index is 5.79. The molecule has 0 amide bonds. The Bertz CT molecular complexity index is 494. The average Bonchev–Trinajstić information content (AvgIpc) is 2.41. The van der Waals surface area contributed by atoms with E-state index < -0.39 is 0 Å². The van der Waals surface area contributed by atoms with Gasteiger partial charge < -0.3 is 10.1 Å². The molecule has 0 atom stereocenters. The van der Waals surface area contributed by atoms with E-state index in [9.17, 15) is 0 Å². The number of ether oxygens (including phenoxy) is 1. The van der Waals surface area contributed by atoms with Crippen molar-refractivity contribution in [3.05, 3.63) is 65.2 Å². The van der Waals surface area contributed by atoms with E-state index in [2.05, 4.69) is 36.5 Å². The van der Waals surface area contributed by atoms with Crippen molar-refractivity contribution in [3.63, 3.8) is 0 Å². The van der Waals surface area contributed by atoms with Crippen LogP contribution in [0, 0.1) is 6.92 Å². The largest absolute Gasteiger partial charge is 0.489 e. The molecule has 0 spiro atoms. The molecule has 2 rings (SSSR count). The Morgan fingerprint density at radius 2 is 1.83 bits per heavy atom. The molecule has 0 radical (unpaired) electrons. The Kier molecular flexibility index (Phi) is 4.37. The molecule has 0 aliphatic heterocycles. The number of hydrogen-bond acceptors (Lipinski definition) is 2. The molecule has 0 heterocycles. The maximum atomic E-state index is 5.79. The summed E-state index contributed by atoms with van der Waals surface area (Å²) in [6, 6.07) is 16.5. The molecule has 0 bridgehead atoms. The molecule has 0 aliphatic rings. The zero-order valence-corrected chi connectivity index (χ0v) is 10.9. The quantitative estimate of drug-likeness (QED) is 0.867. The minimum absolute atomic E-state index is 0.617. The third kappa shape index (κ3) is 3.34. The molecule has 18 heavy (non-hydrogen) atoms. The van der Waals surface area contributed by atoms with E-state index in [0.717, 1.165) is 12.3 Å². The van der Waals surface area contributed by atoms with Gasteiger partial charge in [-0.15, -0.1) is 0 Å². The van der Waals surface area contributed by atoms with Gasteiger partial charge in [-0.1, -0.05) is 36.4 Å². The lowest BCUT2D eigenvalue weighted by molar-refractivity contribution is 0.306. The summed E-state index contributed by atoms with van der Waals surface area (Å²) in [5.74, 6) is 0.927. The predicted molar refractivity (Wildman–Crippen MR) is 74.7 cm³/mol. The van der Waals surface area contributed by atoms with Crippen LogP contribution in [-0.2, 0) is 13.2 Å². The molecule has 0 aliphatic carbocycles. The van der Waals surface area contributed by atoms with Crippen molar-refractivity contribution in [1.29, 1.82) is 0 Å². The Morgan fingerprint density at radius 1 is 1.06 bits per heavy atom. The van der Waals surface area contributed by atoms with Gasteiger partial charge in [-0.2, -0.15) is 0 Å². The maximum Gasteiger partial charge on any atom is 0.120 e. The number of aryl methyl sites for hydroxylation is 1. The molecule has 94 valence electrons. The zero-order valence-electron chi connectivity index (χ0n) is 10.9. The van der Waals surface area contributed by atoms with E-state index in [-0.39, 0.29) is 0 Å². The van der Waals surface area contributed by atoms with Crippen LogP contribution in [0.25, 0.3) is 0 Å². The Labute approximate surface area is 109 Å². The van der Waals surface area contributed by atoms with Crippen LogP contribution in [0.2, 0.25) is 0 Å². The topological polar surface area (TPSA) is 21.3 Å². The summed E-state index contributed by atoms with van der Waals surface area (Å²) in [6.07, 6.45) is 0. The average molecular weight is 241 g/mol. The zero-order chi connectivity index (χ0) is 12.8. The Balaban J connectivity index is 2.00. The van der Waals surface area contributed by atoms with Crippen LogP contribution in [0.3, 0.4) is 0 Å². The lowest BCUT2D eigenvalue weighted by atomic mass is 10.1. The van der Waals surface area contributed by atoms with Crippen LogP contribution >= 0.6 is 0 Å². The van der Waals surface area contributed by atoms with E-state index >= 15 is 0 Å². The van der Waals surface area contributed by atoms with Crippen molar-refractivity contribution in [2.45, 2.75) is 20.1 Å². The summed E-state index contributed by atoms with van der Waals surface area (Å²) in [6.45, 7) is 3.62. The molecule has 0 fully saturated rings. The van der Waals surface area contributed by atoms with Crippen LogP contribution in [0.15, 0.2) is 48.5 Å². The second kappa shape index (κ2) is 6.22.